The van der Waals surface area contributed by atoms with Crippen LogP contribution in [0.4, 0.5) is 16.2 Å². The number of carbonyl (C=O) groups excluding carboxylic acids is 1. The lowest BCUT2D eigenvalue weighted by atomic mass is 10.1. The van der Waals surface area contributed by atoms with E-state index in [1.807, 2.05) is 0 Å². The van der Waals surface area contributed by atoms with Crippen molar-refractivity contribution in [2.75, 3.05) is 30.7 Å². The Balaban J connectivity index is 1.81. The molecule has 1 heterocycles. The van der Waals surface area contributed by atoms with Gasteiger partial charge in [-0.1, -0.05) is 12.1 Å². The minimum Gasteiger partial charge on any atom is -0.480 e. The molecule has 0 atom stereocenters. The van der Waals surface area contributed by atoms with Gasteiger partial charge >= 0.3 is 12.0 Å². The highest BCUT2D eigenvalue weighted by Gasteiger charge is 2.24. The lowest BCUT2D eigenvalue weighted by molar-refractivity contribution is -0.145. The monoisotopic (exact) mass is 293 g/mol. The SMILES string of the molecule is Nc1ccccc1NC(=O)N1CCC(OCC(=O)O)CC1. The number of piperidine rings is 1. The molecule has 0 aromatic heterocycles. The fourth-order valence-corrected chi connectivity index (χ4v) is 2.22. The number of nitrogens with two attached hydrogens (primary N) is 1. The largest absolute Gasteiger partial charge is 0.480 e. The Kier molecular flexibility index (Phi) is 4.99. The number of benzene rings is 1. The second kappa shape index (κ2) is 6.94. The Bertz CT molecular complexity index is 513. The molecule has 1 aliphatic rings. The summed E-state index contributed by atoms with van der Waals surface area (Å²) < 4.78 is 5.23. The molecule has 0 unspecified atom stereocenters. The molecule has 2 rings (SSSR count). The van der Waals surface area contributed by atoms with Crippen LogP contribution < -0.4 is 11.1 Å². The number of anilines is 2. The summed E-state index contributed by atoms with van der Waals surface area (Å²) in [5, 5.41) is 11.3. The number of nitrogens with one attached hydrogen (secondary N) is 1. The average molecular weight is 293 g/mol. The van der Waals surface area contributed by atoms with E-state index in [-0.39, 0.29) is 18.7 Å². The van der Waals surface area contributed by atoms with Crippen molar-refractivity contribution in [3.05, 3.63) is 24.3 Å². The smallest absolute Gasteiger partial charge is 0.329 e. The zero-order valence-electron chi connectivity index (χ0n) is 11.6. The number of rotatable bonds is 4. The number of carboxylic acid groups (broad SMARTS) is 1. The van der Waals surface area contributed by atoms with Gasteiger partial charge < -0.3 is 25.8 Å². The molecular formula is C14H19N3O4. The fraction of sp³-hybridized carbons (Fsp3) is 0.429. The number of hydrogen-bond acceptors (Lipinski definition) is 4. The molecule has 0 radical (unpaired) electrons. The number of carbonyl (C=O) groups is 2. The molecule has 21 heavy (non-hydrogen) atoms. The zero-order chi connectivity index (χ0) is 15.2. The summed E-state index contributed by atoms with van der Waals surface area (Å²) in [6.45, 7) is 0.767. The van der Waals surface area contributed by atoms with Crippen LogP contribution in [0.5, 0.6) is 0 Å². The molecule has 1 aromatic carbocycles. The summed E-state index contributed by atoms with van der Waals surface area (Å²) in [7, 11) is 0. The van der Waals surface area contributed by atoms with Crippen molar-refractivity contribution in [2.45, 2.75) is 18.9 Å². The number of nitrogens with zero attached hydrogens (tertiary/aromatic N) is 1. The summed E-state index contributed by atoms with van der Waals surface area (Å²) in [6.07, 6.45) is 1.16. The first-order valence-electron chi connectivity index (χ1n) is 6.80. The van der Waals surface area contributed by atoms with Crippen molar-refractivity contribution in [3.63, 3.8) is 0 Å². The lowest BCUT2D eigenvalue weighted by Gasteiger charge is -2.31. The molecule has 2 amide bonds. The van der Waals surface area contributed by atoms with E-state index in [1.54, 1.807) is 29.2 Å². The first kappa shape index (κ1) is 15.1. The molecular weight excluding hydrogens is 274 g/mol. The number of hydrogen-bond donors (Lipinski definition) is 3. The first-order chi connectivity index (χ1) is 10.1. The Morgan fingerprint density at radius 1 is 1.33 bits per heavy atom. The Morgan fingerprint density at radius 2 is 2.00 bits per heavy atom. The summed E-state index contributed by atoms with van der Waals surface area (Å²) >= 11 is 0. The van der Waals surface area contributed by atoms with E-state index in [0.717, 1.165) is 0 Å². The summed E-state index contributed by atoms with van der Waals surface area (Å²) in [5.41, 5.74) is 6.89. The number of para-hydroxylation sites is 2. The van der Waals surface area contributed by atoms with Gasteiger partial charge in [0.15, 0.2) is 0 Å². The van der Waals surface area contributed by atoms with E-state index in [9.17, 15) is 9.59 Å². The van der Waals surface area contributed by atoms with Crippen molar-refractivity contribution in [1.82, 2.24) is 4.90 Å². The molecule has 1 fully saturated rings. The highest BCUT2D eigenvalue weighted by molar-refractivity contribution is 5.92. The van der Waals surface area contributed by atoms with E-state index in [2.05, 4.69) is 5.32 Å². The number of ether oxygens (including phenoxy) is 1. The topological polar surface area (TPSA) is 105 Å². The maximum absolute atomic E-state index is 12.1. The van der Waals surface area contributed by atoms with Gasteiger partial charge in [0.2, 0.25) is 0 Å². The van der Waals surface area contributed by atoms with Gasteiger partial charge in [-0.3, -0.25) is 0 Å². The first-order valence-corrected chi connectivity index (χ1v) is 6.80. The minimum absolute atomic E-state index is 0.105. The molecule has 0 aliphatic carbocycles. The Hall–Kier alpha value is -2.28. The number of nitrogen functional groups attached to an aromatic ring is 1. The van der Waals surface area contributed by atoms with Crippen LogP contribution in [-0.4, -0.2) is 47.8 Å². The molecule has 0 bridgehead atoms. The third kappa shape index (κ3) is 4.35. The van der Waals surface area contributed by atoms with Crippen LogP contribution in [0.3, 0.4) is 0 Å². The zero-order valence-corrected chi connectivity index (χ0v) is 11.6. The molecule has 7 nitrogen and oxygen atoms in total. The summed E-state index contributed by atoms with van der Waals surface area (Å²) in [6, 6.07) is 6.87. The quantitative estimate of drug-likeness (QED) is 0.727. The predicted octanol–water partition coefficient (Wildman–Crippen LogP) is 1.37. The minimum atomic E-state index is -0.977. The number of aliphatic carboxylic acids is 1. The van der Waals surface area contributed by atoms with Crippen LogP contribution >= 0.6 is 0 Å². The van der Waals surface area contributed by atoms with E-state index >= 15 is 0 Å². The second-order valence-electron chi connectivity index (χ2n) is 4.91. The highest BCUT2D eigenvalue weighted by Crippen LogP contribution is 2.19. The molecule has 1 aliphatic heterocycles. The normalized spacial score (nSPS) is 15.7. The van der Waals surface area contributed by atoms with Crippen molar-refractivity contribution in [1.29, 1.82) is 0 Å². The molecule has 0 spiro atoms. The maximum Gasteiger partial charge on any atom is 0.329 e. The van der Waals surface area contributed by atoms with E-state index in [1.165, 1.54) is 0 Å². The van der Waals surface area contributed by atoms with Crippen LogP contribution in [0.1, 0.15) is 12.8 Å². The van der Waals surface area contributed by atoms with Gasteiger partial charge in [-0.2, -0.15) is 0 Å². The van der Waals surface area contributed by atoms with Crippen LogP contribution in [0.25, 0.3) is 0 Å². The Labute approximate surface area is 122 Å². The second-order valence-corrected chi connectivity index (χ2v) is 4.91. The number of carboxylic acids is 1. The molecule has 4 N–H and O–H groups in total. The highest BCUT2D eigenvalue weighted by atomic mass is 16.5. The van der Waals surface area contributed by atoms with Crippen molar-refractivity contribution in [3.8, 4) is 0 Å². The van der Waals surface area contributed by atoms with E-state index in [4.69, 9.17) is 15.6 Å². The van der Waals surface area contributed by atoms with Crippen LogP contribution in [0.2, 0.25) is 0 Å². The predicted molar refractivity (Wildman–Crippen MR) is 78.1 cm³/mol. The fourth-order valence-electron chi connectivity index (χ4n) is 2.22. The van der Waals surface area contributed by atoms with Crippen LogP contribution in [-0.2, 0) is 9.53 Å². The molecule has 7 heteroatoms. The van der Waals surface area contributed by atoms with Gasteiger partial charge in [0.05, 0.1) is 17.5 Å². The summed E-state index contributed by atoms with van der Waals surface area (Å²) in [4.78, 5) is 24.2. The third-order valence-electron chi connectivity index (χ3n) is 3.37. The standard InChI is InChI=1S/C14H19N3O4/c15-11-3-1-2-4-12(11)16-14(20)17-7-5-10(6-8-17)21-9-13(18)19/h1-4,10H,5-9,15H2,(H,16,20)(H,18,19). The Morgan fingerprint density at radius 3 is 2.62 bits per heavy atom. The number of likely N-dealkylation sites (tertiary alicyclic amines) is 1. The number of urea groups is 1. The van der Waals surface area contributed by atoms with Gasteiger partial charge in [-0.25, -0.2) is 9.59 Å². The molecule has 0 saturated carbocycles. The van der Waals surface area contributed by atoms with E-state index in [0.29, 0.717) is 37.3 Å². The molecule has 1 saturated heterocycles. The van der Waals surface area contributed by atoms with E-state index < -0.39 is 5.97 Å². The maximum atomic E-state index is 12.1. The van der Waals surface area contributed by atoms with Gasteiger partial charge in [0.25, 0.3) is 0 Å². The molecule has 114 valence electrons. The number of amides is 2. The van der Waals surface area contributed by atoms with Crippen molar-refractivity contribution >= 4 is 23.4 Å². The van der Waals surface area contributed by atoms with Crippen molar-refractivity contribution < 1.29 is 19.4 Å². The van der Waals surface area contributed by atoms with Crippen LogP contribution in [0, 0.1) is 0 Å². The van der Waals surface area contributed by atoms with Gasteiger partial charge in [0.1, 0.15) is 6.61 Å². The van der Waals surface area contributed by atoms with Crippen LogP contribution in [0.15, 0.2) is 24.3 Å². The van der Waals surface area contributed by atoms with Gasteiger partial charge in [0, 0.05) is 13.1 Å². The van der Waals surface area contributed by atoms with Gasteiger partial charge in [-0.15, -0.1) is 0 Å². The van der Waals surface area contributed by atoms with Gasteiger partial charge in [-0.05, 0) is 25.0 Å². The van der Waals surface area contributed by atoms with Crippen molar-refractivity contribution in [2.24, 2.45) is 0 Å². The average Bonchev–Trinajstić information content (AvgIpc) is 2.48. The molecule has 1 aromatic rings. The third-order valence-corrected chi connectivity index (χ3v) is 3.37. The summed E-state index contributed by atoms with van der Waals surface area (Å²) in [5.74, 6) is -0.977. The lowest BCUT2D eigenvalue weighted by Crippen LogP contribution is -2.43.